The molecule has 0 atom stereocenters. The van der Waals surface area contributed by atoms with Crippen LogP contribution in [0.15, 0.2) is 42.6 Å². The molecule has 128 valence electrons. The molecule has 2 aromatic carbocycles. The number of pyridine rings is 1. The molecule has 1 aromatic heterocycles. The molecule has 0 saturated heterocycles. The largest absolute Gasteiger partial charge is 0.493 e. The predicted molar refractivity (Wildman–Crippen MR) is 93.5 cm³/mol. The van der Waals surface area contributed by atoms with Crippen LogP contribution in [0.1, 0.15) is 0 Å². The molecule has 0 unspecified atom stereocenters. The fourth-order valence-corrected chi connectivity index (χ4v) is 2.77. The van der Waals surface area contributed by atoms with Gasteiger partial charge in [-0.25, -0.2) is 0 Å². The maximum absolute atomic E-state index is 10.9. The van der Waals surface area contributed by atoms with E-state index in [-0.39, 0.29) is 5.69 Å². The number of non-ortho nitro benzene ring substituents is 1. The highest BCUT2D eigenvalue weighted by atomic mass is 16.6. The SMILES string of the molecule is COc1cc2ccnc(-c3ccc([N+](=O)[O-])cc3)c2c(OC)c1OC. The minimum atomic E-state index is -0.436. The van der Waals surface area contributed by atoms with Crippen LogP contribution in [-0.2, 0) is 0 Å². The fourth-order valence-electron chi connectivity index (χ4n) is 2.77. The van der Waals surface area contributed by atoms with E-state index in [1.807, 2.05) is 12.1 Å². The summed E-state index contributed by atoms with van der Waals surface area (Å²) in [6.07, 6.45) is 1.67. The number of ether oxygens (including phenoxy) is 3. The normalized spacial score (nSPS) is 10.5. The molecule has 0 radical (unpaired) electrons. The molecule has 0 aliphatic rings. The van der Waals surface area contributed by atoms with Crippen LogP contribution in [-0.4, -0.2) is 31.2 Å². The van der Waals surface area contributed by atoms with Crippen LogP contribution in [0, 0.1) is 10.1 Å². The molecule has 0 aliphatic heterocycles. The highest BCUT2D eigenvalue weighted by Crippen LogP contribution is 2.46. The number of fused-ring (bicyclic) bond motifs is 1. The van der Waals surface area contributed by atoms with Crippen molar-refractivity contribution in [1.29, 1.82) is 0 Å². The quantitative estimate of drug-likeness (QED) is 0.518. The molecule has 0 saturated carbocycles. The lowest BCUT2D eigenvalue weighted by Crippen LogP contribution is -1.98. The minimum Gasteiger partial charge on any atom is -0.493 e. The van der Waals surface area contributed by atoms with Crippen molar-refractivity contribution in [3.63, 3.8) is 0 Å². The van der Waals surface area contributed by atoms with Gasteiger partial charge in [-0.3, -0.25) is 15.1 Å². The van der Waals surface area contributed by atoms with E-state index in [0.29, 0.717) is 22.9 Å². The Morgan fingerprint density at radius 3 is 2.20 bits per heavy atom. The maximum Gasteiger partial charge on any atom is 0.269 e. The standard InChI is InChI=1S/C18H16N2O5/c1-23-14-10-12-8-9-19-16(15(12)18(25-3)17(14)24-2)11-4-6-13(7-5-11)20(21)22/h4-10H,1-3H3. The van der Waals surface area contributed by atoms with Crippen LogP contribution in [0.25, 0.3) is 22.0 Å². The van der Waals surface area contributed by atoms with Gasteiger partial charge < -0.3 is 14.2 Å². The van der Waals surface area contributed by atoms with Gasteiger partial charge >= 0.3 is 0 Å². The molecule has 0 spiro atoms. The van der Waals surface area contributed by atoms with Gasteiger partial charge in [-0.1, -0.05) is 0 Å². The molecule has 0 fully saturated rings. The van der Waals surface area contributed by atoms with E-state index in [1.165, 1.54) is 19.2 Å². The van der Waals surface area contributed by atoms with Crippen molar-refractivity contribution in [2.24, 2.45) is 0 Å². The van der Waals surface area contributed by atoms with E-state index in [4.69, 9.17) is 14.2 Å². The topological polar surface area (TPSA) is 83.7 Å². The van der Waals surface area contributed by atoms with E-state index in [1.54, 1.807) is 32.5 Å². The second kappa shape index (κ2) is 6.64. The van der Waals surface area contributed by atoms with Crippen LogP contribution in [0.3, 0.4) is 0 Å². The van der Waals surface area contributed by atoms with Crippen molar-refractivity contribution in [3.05, 3.63) is 52.7 Å². The zero-order valence-corrected chi connectivity index (χ0v) is 14.0. The number of nitrogens with zero attached hydrogens (tertiary/aromatic N) is 2. The Hall–Kier alpha value is -3.35. The third kappa shape index (κ3) is 2.80. The van der Waals surface area contributed by atoms with Gasteiger partial charge in [-0.15, -0.1) is 0 Å². The van der Waals surface area contributed by atoms with Gasteiger partial charge in [-0.2, -0.15) is 0 Å². The lowest BCUT2D eigenvalue weighted by molar-refractivity contribution is -0.384. The monoisotopic (exact) mass is 340 g/mol. The number of hydrogen-bond acceptors (Lipinski definition) is 6. The van der Waals surface area contributed by atoms with Crippen molar-refractivity contribution in [2.45, 2.75) is 0 Å². The summed E-state index contributed by atoms with van der Waals surface area (Å²) in [4.78, 5) is 14.9. The van der Waals surface area contributed by atoms with E-state index in [9.17, 15) is 10.1 Å². The summed E-state index contributed by atoms with van der Waals surface area (Å²) in [6, 6.07) is 9.90. The number of aromatic nitrogens is 1. The number of rotatable bonds is 5. The van der Waals surface area contributed by atoms with Crippen LogP contribution in [0.2, 0.25) is 0 Å². The van der Waals surface area contributed by atoms with Crippen molar-refractivity contribution >= 4 is 16.5 Å². The summed E-state index contributed by atoms with van der Waals surface area (Å²) < 4.78 is 16.4. The van der Waals surface area contributed by atoms with Gasteiger partial charge in [-0.05, 0) is 29.7 Å². The third-order valence-corrected chi connectivity index (χ3v) is 3.91. The Balaban J connectivity index is 2.30. The third-order valence-electron chi connectivity index (χ3n) is 3.91. The molecular formula is C18H16N2O5. The molecule has 7 heteroatoms. The minimum absolute atomic E-state index is 0.0233. The summed E-state index contributed by atoms with van der Waals surface area (Å²) in [5.41, 5.74) is 1.40. The molecule has 1 heterocycles. The smallest absolute Gasteiger partial charge is 0.269 e. The second-order valence-electron chi connectivity index (χ2n) is 5.21. The molecule has 3 aromatic rings. The summed E-state index contributed by atoms with van der Waals surface area (Å²) in [5.74, 6) is 1.51. The first-order chi connectivity index (χ1) is 12.1. The highest BCUT2D eigenvalue weighted by molar-refractivity contribution is 6.02. The first kappa shape index (κ1) is 16.5. The molecule has 0 aliphatic carbocycles. The van der Waals surface area contributed by atoms with Crippen molar-refractivity contribution in [2.75, 3.05) is 21.3 Å². The van der Waals surface area contributed by atoms with Gasteiger partial charge in [0.15, 0.2) is 11.5 Å². The maximum atomic E-state index is 10.9. The number of methoxy groups -OCH3 is 3. The Morgan fingerprint density at radius 2 is 1.64 bits per heavy atom. The van der Waals surface area contributed by atoms with Crippen molar-refractivity contribution in [3.8, 4) is 28.5 Å². The van der Waals surface area contributed by atoms with E-state index >= 15 is 0 Å². The molecule has 0 N–H and O–H groups in total. The first-order valence-corrected chi connectivity index (χ1v) is 7.43. The van der Waals surface area contributed by atoms with Crippen molar-refractivity contribution in [1.82, 2.24) is 4.98 Å². The summed E-state index contributed by atoms with van der Waals surface area (Å²) >= 11 is 0. The molecule has 25 heavy (non-hydrogen) atoms. The first-order valence-electron chi connectivity index (χ1n) is 7.43. The average molecular weight is 340 g/mol. The predicted octanol–water partition coefficient (Wildman–Crippen LogP) is 3.84. The summed E-state index contributed by atoms with van der Waals surface area (Å²) in [5, 5.41) is 12.5. The van der Waals surface area contributed by atoms with E-state index in [0.717, 1.165) is 16.3 Å². The number of nitro groups is 1. The Morgan fingerprint density at radius 1 is 0.960 bits per heavy atom. The highest BCUT2D eigenvalue weighted by Gasteiger charge is 2.20. The fraction of sp³-hybridized carbons (Fsp3) is 0.167. The van der Waals surface area contributed by atoms with Crippen LogP contribution in [0.5, 0.6) is 17.2 Å². The summed E-state index contributed by atoms with van der Waals surface area (Å²) in [7, 11) is 4.64. The second-order valence-corrected chi connectivity index (χ2v) is 5.21. The van der Waals surface area contributed by atoms with Gasteiger partial charge in [0, 0.05) is 23.9 Å². The van der Waals surface area contributed by atoms with Crippen molar-refractivity contribution < 1.29 is 19.1 Å². The molecular weight excluding hydrogens is 324 g/mol. The molecule has 7 nitrogen and oxygen atoms in total. The summed E-state index contributed by atoms with van der Waals surface area (Å²) in [6.45, 7) is 0. The van der Waals surface area contributed by atoms with E-state index < -0.39 is 4.92 Å². The van der Waals surface area contributed by atoms with Crippen LogP contribution >= 0.6 is 0 Å². The van der Waals surface area contributed by atoms with Crippen LogP contribution in [0.4, 0.5) is 5.69 Å². The number of benzene rings is 2. The van der Waals surface area contributed by atoms with Gasteiger partial charge in [0.25, 0.3) is 5.69 Å². The Labute approximate surface area is 143 Å². The molecule has 3 rings (SSSR count). The zero-order chi connectivity index (χ0) is 18.0. The number of nitro benzene ring substituents is 1. The van der Waals surface area contributed by atoms with Gasteiger partial charge in [0.1, 0.15) is 0 Å². The number of hydrogen-bond donors (Lipinski definition) is 0. The van der Waals surface area contributed by atoms with Gasteiger partial charge in [0.2, 0.25) is 5.75 Å². The Bertz CT molecular complexity index is 938. The Kier molecular flexibility index (Phi) is 4.38. The van der Waals surface area contributed by atoms with Gasteiger partial charge in [0.05, 0.1) is 37.3 Å². The average Bonchev–Trinajstić information content (AvgIpc) is 2.65. The molecule has 0 bridgehead atoms. The lowest BCUT2D eigenvalue weighted by Gasteiger charge is -2.16. The van der Waals surface area contributed by atoms with E-state index in [2.05, 4.69) is 4.98 Å². The lowest BCUT2D eigenvalue weighted by atomic mass is 10.0. The zero-order valence-electron chi connectivity index (χ0n) is 14.0. The molecule has 0 amide bonds. The van der Waals surface area contributed by atoms with Crippen LogP contribution < -0.4 is 14.2 Å².